The van der Waals surface area contributed by atoms with Crippen molar-refractivity contribution in [3.05, 3.63) is 30.6 Å². The number of carbonyl (C=O) groups is 2. The number of rotatable bonds is 14. The standard InChI is InChI=1S/C12H24O2.C9H12N2O2.ClH/c1-2-3-4-5-6-7-8-9-10-11-12(13)14;12-7-4-10-9(13)8-11-5-2-1-3-6-11;/h2-11H2,1H3,(H,13,14);1-3,5-6,12H,4,7-8H2;1H. The molecule has 0 fully saturated rings. The molecule has 1 aromatic heterocycles. The molecule has 7 heteroatoms. The van der Waals surface area contributed by atoms with Gasteiger partial charge in [0.2, 0.25) is 6.54 Å². The quantitative estimate of drug-likeness (QED) is 0.359. The molecular weight excluding hydrogens is 380 g/mol. The number of hydrogen-bond acceptors (Lipinski definition) is 4. The monoisotopic (exact) mass is 416 g/mol. The fraction of sp³-hybridized carbons (Fsp3) is 0.667. The van der Waals surface area contributed by atoms with E-state index in [1.165, 1.54) is 44.9 Å². The van der Waals surface area contributed by atoms with E-state index in [1.807, 2.05) is 30.6 Å². The lowest BCUT2D eigenvalue weighted by atomic mass is 10.1. The first kappa shape index (κ1) is 28.5. The number of halogens is 1. The maximum absolute atomic E-state index is 11.1. The summed E-state index contributed by atoms with van der Waals surface area (Å²) in [5.41, 5.74) is 0. The number of carboxylic acid groups (broad SMARTS) is 1. The second-order valence-corrected chi connectivity index (χ2v) is 6.57. The van der Waals surface area contributed by atoms with Crippen LogP contribution in [0.3, 0.4) is 0 Å². The summed E-state index contributed by atoms with van der Waals surface area (Å²) in [5.74, 6) is -1.00. The molecule has 0 aliphatic carbocycles. The number of carbonyl (C=O) groups excluding carboxylic acids is 2. The van der Waals surface area contributed by atoms with Crippen molar-refractivity contribution in [3.63, 3.8) is 0 Å². The Bertz CT molecular complexity index is 487. The summed E-state index contributed by atoms with van der Waals surface area (Å²) in [4.78, 5) is 21.2. The number of nitrogens with zero attached hydrogens (tertiary/aromatic N) is 1. The summed E-state index contributed by atoms with van der Waals surface area (Å²) in [5, 5.41) is 21.1. The lowest BCUT2D eigenvalue weighted by Gasteiger charge is -2.02. The van der Waals surface area contributed by atoms with Crippen LogP contribution >= 0.6 is 12.4 Å². The Hall–Kier alpha value is -1.66. The Morgan fingerprint density at radius 2 is 1.46 bits per heavy atom. The van der Waals surface area contributed by atoms with Crippen molar-refractivity contribution >= 4 is 24.3 Å². The molecule has 6 nitrogen and oxygen atoms in total. The fourth-order valence-corrected chi connectivity index (χ4v) is 2.54. The van der Waals surface area contributed by atoms with E-state index in [2.05, 4.69) is 12.2 Å². The van der Waals surface area contributed by atoms with Crippen molar-refractivity contribution in [1.82, 2.24) is 5.32 Å². The van der Waals surface area contributed by atoms with Gasteiger partial charge in [0.25, 0.3) is 5.91 Å². The van der Waals surface area contributed by atoms with E-state index >= 15 is 0 Å². The number of aliphatic hydroxyl groups is 1. The first-order chi connectivity index (χ1) is 13.1. The highest BCUT2D eigenvalue weighted by Crippen LogP contribution is 2.10. The van der Waals surface area contributed by atoms with Gasteiger partial charge in [-0.2, -0.15) is 4.57 Å². The fourth-order valence-electron chi connectivity index (χ4n) is 2.54. The van der Waals surface area contributed by atoms with E-state index in [-0.39, 0.29) is 31.3 Å². The predicted octanol–water partition coefficient (Wildman–Crippen LogP) is 2.16. The Labute approximate surface area is 175 Å². The Kier molecular flexibility index (Phi) is 22.1. The zero-order valence-electron chi connectivity index (χ0n) is 17.1. The first-order valence-electron chi connectivity index (χ1n) is 10.1. The third kappa shape index (κ3) is 20.6. The van der Waals surface area contributed by atoms with Gasteiger partial charge in [-0.3, -0.25) is 4.79 Å². The maximum Gasteiger partial charge on any atom is 0.286 e. The number of aliphatic hydroxyl groups excluding tert-OH is 1. The molecule has 2 N–H and O–H groups in total. The van der Waals surface area contributed by atoms with Crippen LogP contribution in [0, 0.1) is 0 Å². The summed E-state index contributed by atoms with van der Waals surface area (Å²) >= 11 is 0. The summed E-state index contributed by atoms with van der Waals surface area (Å²) in [7, 11) is 0. The topological polar surface area (TPSA) is 93.3 Å². The van der Waals surface area contributed by atoms with Crippen molar-refractivity contribution in [2.75, 3.05) is 13.2 Å². The van der Waals surface area contributed by atoms with Crippen LogP contribution in [0.1, 0.15) is 71.1 Å². The van der Waals surface area contributed by atoms with E-state index < -0.39 is 5.97 Å². The largest absolute Gasteiger partial charge is 0.550 e. The van der Waals surface area contributed by atoms with E-state index in [0.29, 0.717) is 13.1 Å². The highest BCUT2D eigenvalue weighted by Gasteiger charge is 2.06. The summed E-state index contributed by atoms with van der Waals surface area (Å²) < 4.78 is 1.77. The third-order valence-corrected chi connectivity index (χ3v) is 4.02. The molecule has 0 saturated carbocycles. The zero-order chi connectivity index (χ0) is 20.2. The smallest absolute Gasteiger partial charge is 0.286 e. The average Bonchev–Trinajstić information content (AvgIpc) is 2.66. The first-order valence-corrected chi connectivity index (χ1v) is 10.1. The highest BCUT2D eigenvalue weighted by molar-refractivity contribution is 5.85. The van der Waals surface area contributed by atoms with Gasteiger partial charge < -0.3 is 20.3 Å². The molecule has 1 amide bonds. The summed E-state index contributed by atoms with van der Waals surface area (Å²) in [6, 6.07) is 5.61. The Morgan fingerprint density at radius 1 is 0.929 bits per heavy atom. The van der Waals surface area contributed by atoms with Crippen LogP contribution in [0.4, 0.5) is 0 Å². The SMILES string of the molecule is CCCCCCCCCCCC(=O)[O-].Cl.O=C(C[n+]1ccccc1)NCCO. The van der Waals surface area contributed by atoms with Crippen LogP contribution in [0.5, 0.6) is 0 Å². The van der Waals surface area contributed by atoms with Gasteiger partial charge in [0.15, 0.2) is 12.4 Å². The van der Waals surface area contributed by atoms with Crippen LogP contribution in [0.15, 0.2) is 30.6 Å². The molecule has 0 aliphatic heterocycles. The Morgan fingerprint density at radius 3 is 1.96 bits per heavy atom. The number of pyridine rings is 1. The van der Waals surface area contributed by atoms with Crippen molar-refractivity contribution in [3.8, 4) is 0 Å². The molecule has 0 unspecified atom stereocenters. The molecule has 0 aliphatic rings. The second kappa shape index (κ2) is 21.6. The average molecular weight is 417 g/mol. The zero-order valence-corrected chi connectivity index (χ0v) is 17.9. The van der Waals surface area contributed by atoms with Crippen LogP contribution in [0.25, 0.3) is 0 Å². The minimum atomic E-state index is -0.909. The van der Waals surface area contributed by atoms with Crippen molar-refractivity contribution in [2.45, 2.75) is 77.7 Å². The molecule has 0 spiro atoms. The molecule has 1 heterocycles. The number of aliphatic carboxylic acids is 1. The van der Waals surface area contributed by atoms with Crippen molar-refractivity contribution in [2.24, 2.45) is 0 Å². The number of aromatic nitrogens is 1. The Balaban J connectivity index is 0. The van der Waals surface area contributed by atoms with Crippen LogP contribution < -0.4 is 15.0 Å². The highest BCUT2D eigenvalue weighted by atomic mass is 35.5. The van der Waals surface area contributed by atoms with Gasteiger partial charge in [-0.1, -0.05) is 64.4 Å². The number of unbranched alkanes of at least 4 members (excludes halogenated alkanes) is 8. The molecule has 28 heavy (non-hydrogen) atoms. The second-order valence-electron chi connectivity index (χ2n) is 6.57. The lowest BCUT2D eigenvalue weighted by Crippen LogP contribution is -2.42. The molecule has 1 aromatic rings. The summed E-state index contributed by atoms with van der Waals surface area (Å²) in [6.45, 7) is 2.80. The molecule has 0 radical (unpaired) electrons. The van der Waals surface area contributed by atoms with Gasteiger partial charge in [0.1, 0.15) is 0 Å². The molecule has 162 valence electrons. The van der Waals surface area contributed by atoms with Gasteiger partial charge in [-0.15, -0.1) is 12.4 Å². The van der Waals surface area contributed by atoms with Gasteiger partial charge in [-0.25, -0.2) is 0 Å². The lowest BCUT2D eigenvalue weighted by molar-refractivity contribution is -0.684. The third-order valence-electron chi connectivity index (χ3n) is 4.02. The maximum atomic E-state index is 11.1. The van der Waals surface area contributed by atoms with Gasteiger partial charge in [-0.05, 0) is 12.8 Å². The molecule has 0 bridgehead atoms. The number of nitrogens with one attached hydrogen (secondary N) is 1. The van der Waals surface area contributed by atoms with Crippen LogP contribution in [-0.4, -0.2) is 30.1 Å². The van der Waals surface area contributed by atoms with E-state index in [4.69, 9.17) is 5.11 Å². The number of carboxylic acids is 1. The number of amides is 1. The van der Waals surface area contributed by atoms with Crippen LogP contribution in [0.2, 0.25) is 0 Å². The molecule has 0 aromatic carbocycles. The molecule has 1 rings (SSSR count). The van der Waals surface area contributed by atoms with E-state index in [0.717, 1.165) is 12.8 Å². The van der Waals surface area contributed by atoms with E-state index in [9.17, 15) is 14.7 Å². The molecule has 0 atom stereocenters. The van der Waals surface area contributed by atoms with Crippen LogP contribution in [-0.2, 0) is 16.1 Å². The van der Waals surface area contributed by atoms with Crippen molar-refractivity contribution in [1.29, 1.82) is 0 Å². The van der Waals surface area contributed by atoms with Gasteiger partial charge >= 0.3 is 0 Å². The van der Waals surface area contributed by atoms with Gasteiger partial charge in [0.05, 0.1) is 6.61 Å². The molecule has 0 saturated heterocycles. The minimum Gasteiger partial charge on any atom is -0.550 e. The van der Waals surface area contributed by atoms with E-state index in [1.54, 1.807) is 4.57 Å². The number of hydrogen-bond donors (Lipinski definition) is 2. The normalized spacial score (nSPS) is 9.64. The van der Waals surface area contributed by atoms with Crippen molar-refractivity contribution < 1.29 is 24.4 Å². The molecular formula is C21H37ClN2O4. The minimum absolute atomic E-state index is 0. The van der Waals surface area contributed by atoms with Gasteiger partial charge in [0, 0.05) is 24.6 Å². The summed E-state index contributed by atoms with van der Waals surface area (Å²) in [6.07, 6.45) is 14.8. The predicted molar refractivity (Wildman–Crippen MR) is 111 cm³/mol.